The SMILES string of the molecule is CCN(c1ccccc1)S(=O)(=O)c1cccc(C(=O)Nc2ccnn2Cc2ccc(Cl)cc2)c1. The molecule has 0 radical (unpaired) electrons. The summed E-state index contributed by atoms with van der Waals surface area (Å²) in [4.78, 5) is 13.0. The first-order valence-electron chi connectivity index (χ1n) is 10.6. The van der Waals surface area contributed by atoms with Crippen LogP contribution in [0.15, 0.2) is 96.0 Å². The van der Waals surface area contributed by atoms with Crippen molar-refractivity contribution in [3.05, 3.63) is 107 Å². The van der Waals surface area contributed by atoms with Gasteiger partial charge in [-0.05, 0) is 55.0 Å². The molecule has 0 spiro atoms. The van der Waals surface area contributed by atoms with E-state index in [9.17, 15) is 13.2 Å². The molecular formula is C25H23ClN4O3S. The van der Waals surface area contributed by atoms with Crippen LogP contribution >= 0.6 is 11.6 Å². The lowest BCUT2D eigenvalue weighted by molar-refractivity contribution is 0.102. The van der Waals surface area contributed by atoms with Crippen molar-refractivity contribution < 1.29 is 13.2 Å². The summed E-state index contributed by atoms with van der Waals surface area (Å²) in [6, 6.07) is 23.9. The van der Waals surface area contributed by atoms with Crippen LogP contribution in [0.1, 0.15) is 22.8 Å². The molecule has 0 bridgehead atoms. The second-order valence-corrected chi connectivity index (χ2v) is 9.79. The Balaban J connectivity index is 1.55. The van der Waals surface area contributed by atoms with Gasteiger partial charge in [0.15, 0.2) is 0 Å². The van der Waals surface area contributed by atoms with E-state index in [2.05, 4.69) is 10.4 Å². The van der Waals surface area contributed by atoms with Crippen molar-refractivity contribution in [2.75, 3.05) is 16.2 Å². The lowest BCUT2D eigenvalue weighted by Gasteiger charge is -2.23. The molecule has 1 aromatic heterocycles. The Bertz CT molecular complexity index is 1390. The third-order valence-corrected chi connectivity index (χ3v) is 7.37. The summed E-state index contributed by atoms with van der Waals surface area (Å²) >= 11 is 5.94. The predicted octanol–water partition coefficient (Wildman–Crippen LogP) is 5.05. The van der Waals surface area contributed by atoms with Gasteiger partial charge in [-0.15, -0.1) is 0 Å². The largest absolute Gasteiger partial charge is 0.307 e. The molecule has 0 aliphatic heterocycles. The fraction of sp³-hybridized carbons (Fsp3) is 0.120. The summed E-state index contributed by atoms with van der Waals surface area (Å²) in [6.07, 6.45) is 1.59. The highest BCUT2D eigenvalue weighted by atomic mass is 35.5. The van der Waals surface area contributed by atoms with Crippen LogP contribution in [0, 0.1) is 0 Å². The van der Waals surface area contributed by atoms with E-state index in [1.807, 2.05) is 18.2 Å². The van der Waals surface area contributed by atoms with E-state index in [4.69, 9.17) is 11.6 Å². The van der Waals surface area contributed by atoms with Crippen LogP contribution in [0.3, 0.4) is 0 Å². The number of aromatic nitrogens is 2. The molecule has 0 aliphatic rings. The highest BCUT2D eigenvalue weighted by Gasteiger charge is 2.24. The summed E-state index contributed by atoms with van der Waals surface area (Å²) in [5.41, 5.74) is 1.76. The van der Waals surface area contributed by atoms with Crippen molar-refractivity contribution >= 4 is 39.0 Å². The van der Waals surface area contributed by atoms with Crippen LogP contribution in [0.2, 0.25) is 5.02 Å². The Morgan fingerprint density at radius 1 is 1.00 bits per heavy atom. The summed E-state index contributed by atoms with van der Waals surface area (Å²) in [7, 11) is -3.85. The topological polar surface area (TPSA) is 84.3 Å². The summed E-state index contributed by atoms with van der Waals surface area (Å²) in [5, 5.41) is 7.73. The third-order valence-electron chi connectivity index (χ3n) is 5.22. The van der Waals surface area contributed by atoms with Gasteiger partial charge in [0.2, 0.25) is 0 Å². The Labute approximate surface area is 203 Å². The molecule has 0 unspecified atom stereocenters. The summed E-state index contributed by atoms with van der Waals surface area (Å²) in [6.45, 7) is 2.46. The molecule has 4 rings (SSSR count). The number of amides is 1. The first kappa shape index (κ1) is 23.5. The Morgan fingerprint density at radius 2 is 1.74 bits per heavy atom. The lowest BCUT2D eigenvalue weighted by atomic mass is 10.2. The molecular weight excluding hydrogens is 472 g/mol. The minimum Gasteiger partial charge on any atom is -0.307 e. The van der Waals surface area contributed by atoms with Gasteiger partial charge in [-0.3, -0.25) is 9.10 Å². The van der Waals surface area contributed by atoms with Gasteiger partial charge in [-0.1, -0.05) is 48.0 Å². The van der Waals surface area contributed by atoms with Crippen molar-refractivity contribution in [3.63, 3.8) is 0 Å². The zero-order chi connectivity index (χ0) is 24.1. The maximum Gasteiger partial charge on any atom is 0.264 e. The number of hydrogen-bond acceptors (Lipinski definition) is 4. The van der Waals surface area contributed by atoms with Crippen molar-refractivity contribution in [2.24, 2.45) is 0 Å². The third kappa shape index (κ3) is 5.13. The number of nitrogens with one attached hydrogen (secondary N) is 1. The molecule has 1 amide bonds. The Kier molecular flexibility index (Phi) is 7.00. The van der Waals surface area contributed by atoms with E-state index in [-0.39, 0.29) is 17.0 Å². The van der Waals surface area contributed by atoms with Gasteiger partial charge < -0.3 is 5.32 Å². The minimum atomic E-state index is -3.85. The van der Waals surface area contributed by atoms with Gasteiger partial charge in [-0.25, -0.2) is 13.1 Å². The molecule has 0 saturated carbocycles. The van der Waals surface area contributed by atoms with E-state index in [1.54, 1.807) is 72.4 Å². The number of para-hydroxylation sites is 1. The standard InChI is InChI=1S/C25H23ClN4O3S/c1-2-30(22-8-4-3-5-9-22)34(32,33)23-10-6-7-20(17-23)25(31)28-24-15-16-27-29(24)18-19-11-13-21(26)14-12-19/h3-17H,2,18H2,1H3,(H,28,31). The number of carbonyl (C=O) groups is 1. The van der Waals surface area contributed by atoms with Crippen LogP contribution in [-0.2, 0) is 16.6 Å². The second kappa shape index (κ2) is 10.1. The zero-order valence-corrected chi connectivity index (χ0v) is 20.0. The van der Waals surface area contributed by atoms with Gasteiger partial charge in [0.05, 0.1) is 23.3 Å². The highest BCUT2D eigenvalue weighted by Crippen LogP contribution is 2.24. The molecule has 0 fully saturated rings. The van der Waals surface area contributed by atoms with Crippen molar-refractivity contribution in [2.45, 2.75) is 18.4 Å². The maximum atomic E-state index is 13.3. The Morgan fingerprint density at radius 3 is 2.44 bits per heavy atom. The number of halogens is 1. The second-order valence-electron chi connectivity index (χ2n) is 7.49. The maximum absolute atomic E-state index is 13.3. The molecule has 7 nitrogen and oxygen atoms in total. The van der Waals surface area contributed by atoms with Gasteiger partial charge in [-0.2, -0.15) is 5.10 Å². The average Bonchev–Trinajstić information content (AvgIpc) is 3.28. The monoisotopic (exact) mass is 494 g/mol. The number of sulfonamides is 1. The number of anilines is 2. The predicted molar refractivity (Wildman–Crippen MR) is 134 cm³/mol. The van der Waals surface area contributed by atoms with E-state index in [1.165, 1.54) is 16.4 Å². The van der Waals surface area contributed by atoms with E-state index < -0.39 is 15.9 Å². The van der Waals surface area contributed by atoms with E-state index in [0.29, 0.717) is 23.1 Å². The average molecular weight is 495 g/mol. The van der Waals surface area contributed by atoms with Gasteiger partial charge in [0.25, 0.3) is 15.9 Å². The molecule has 3 aromatic carbocycles. The first-order valence-corrected chi connectivity index (χ1v) is 12.5. The van der Waals surface area contributed by atoms with Gasteiger partial charge >= 0.3 is 0 Å². The van der Waals surface area contributed by atoms with Crippen LogP contribution in [0.4, 0.5) is 11.5 Å². The number of benzene rings is 3. The molecule has 34 heavy (non-hydrogen) atoms. The molecule has 4 aromatic rings. The lowest BCUT2D eigenvalue weighted by Crippen LogP contribution is -2.31. The number of carbonyl (C=O) groups excluding carboxylic acids is 1. The van der Waals surface area contributed by atoms with Crippen LogP contribution < -0.4 is 9.62 Å². The summed E-state index contributed by atoms with van der Waals surface area (Å²) < 4.78 is 29.6. The van der Waals surface area contributed by atoms with Gasteiger partial charge in [0.1, 0.15) is 5.82 Å². The van der Waals surface area contributed by atoms with Crippen LogP contribution in [-0.4, -0.2) is 30.7 Å². The van der Waals surface area contributed by atoms with Crippen LogP contribution in [0.25, 0.3) is 0 Å². The molecule has 1 heterocycles. The smallest absolute Gasteiger partial charge is 0.264 e. The molecule has 1 N–H and O–H groups in total. The molecule has 9 heteroatoms. The number of rotatable bonds is 8. The van der Waals surface area contributed by atoms with Crippen molar-refractivity contribution in [3.8, 4) is 0 Å². The summed E-state index contributed by atoms with van der Waals surface area (Å²) in [5.74, 6) is 0.0605. The van der Waals surface area contributed by atoms with Crippen molar-refractivity contribution in [1.82, 2.24) is 9.78 Å². The molecule has 0 saturated heterocycles. The quantitative estimate of drug-likeness (QED) is 0.371. The molecule has 0 aliphatic carbocycles. The fourth-order valence-electron chi connectivity index (χ4n) is 3.53. The number of hydrogen-bond donors (Lipinski definition) is 1. The Hall–Kier alpha value is -3.62. The van der Waals surface area contributed by atoms with Gasteiger partial charge in [0, 0.05) is 23.2 Å². The normalized spacial score (nSPS) is 11.2. The molecule has 174 valence electrons. The fourth-order valence-corrected chi connectivity index (χ4v) is 5.17. The zero-order valence-electron chi connectivity index (χ0n) is 18.4. The van der Waals surface area contributed by atoms with Crippen LogP contribution in [0.5, 0.6) is 0 Å². The van der Waals surface area contributed by atoms with E-state index >= 15 is 0 Å². The molecule has 0 atom stereocenters. The first-order chi connectivity index (χ1) is 16.4. The van der Waals surface area contributed by atoms with Crippen molar-refractivity contribution in [1.29, 1.82) is 0 Å². The minimum absolute atomic E-state index is 0.0422. The number of nitrogens with zero attached hydrogens (tertiary/aromatic N) is 3. The van der Waals surface area contributed by atoms with E-state index in [0.717, 1.165) is 5.56 Å². The highest BCUT2D eigenvalue weighted by molar-refractivity contribution is 7.92.